The van der Waals surface area contributed by atoms with Crippen LogP contribution < -0.4 is 4.74 Å². The van der Waals surface area contributed by atoms with Gasteiger partial charge in [-0.05, 0) is 24.6 Å². The first-order chi connectivity index (χ1) is 10.7. The van der Waals surface area contributed by atoms with E-state index in [1.54, 1.807) is 18.2 Å². The molecule has 0 saturated carbocycles. The number of hydrogen-bond donors (Lipinski definition) is 1. The Kier molecular flexibility index (Phi) is 4.11. The lowest BCUT2D eigenvalue weighted by molar-refractivity contribution is -0.0230. The van der Waals surface area contributed by atoms with Crippen LogP contribution in [0.5, 0.6) is 5.75 Å². The molecule has 0 spiro atoms. The Bertz CT molecular complexity index is 668. The topological polar surface area (TPSA) is 67.5 Å². The normalized spacial score (nSPS) is 18.3. The lowest BCUT2D eigenvalue weighted by Crippen LogP contribution is -2.42. The van der Waals surface area contributed by atoms with Gasteiger partial charge in [0.2, 0.25) is 0 Å². The lowest BCUT2D eigenvalue weighted by Gasteiger charge is -2.33. The number of carbonyl (C=O) groups is 1. The minimum absolute atomic E-state index is 0.0446. The summed E-state index contributed by atoms with van der Waals surface area (Å²) in [4.78, 5) is 21.3. The van der Waals surface area contributed by atoms with Gasteiger partial charge in [0.25, 0.3) is 5.91 Å². The predicted octanol–water partition coefficient (Wildman–Crippen LogP) is 1.94. The Balaban J connectivity index is 1.75. The number of imidazole rings is 1. The molecule has 0 aliphatic carbocycles. The SMILES string of the molecule is COc1cccc(C2CN(C(=O)c3cnc(C)[nH]3)CCO2)c1. The van der Waals surface area contributed by atoms with Gasteiger partial charge in [0.1, 0.15) is 23.4 Å². The maximum Gasteiger partial charge on any atom is 0.272 e. The van der Waals surface area contributed by atoms with Crippen molar-refractivity contribution in [3.8, 4) is 5.75 Å². The van der Waals surface area contributed by atoms with Gasteiger partial charge in [0.15, 0.2) is 0 Å². The number of nitrogens with one attached hydrogen (secondary N) is 1. The maximum absolute atomic E-state index is 12.5. The fourth-order valence-electron chi connectivity index (χ4n) is 2.58. The standard InChI is InChI=1S/C16H19N3O3/c1-11-17-9-14(18-11)16(20)19-6-7-22-15(10-19)12-4-3-5-13(8-12)21-2/h3-5,8-9,15H,6-7,10H2,1-2H3,(H,17,18). The van der Waals surface area contributed by atoms with Crippen LogP contribution in [0.4, 0.5) is 0 Å². The molecule has 22 heavy (non-hydrogen) atoms. The zero-order chi connectivity index (χ0) is 15.5. The van der Waals surface area contributed by atoms with E-state index in [4.69, 9.17) is 9.47 Å². The van der Waals surface area contributed by atoms with Gasteiger partial charge in [-0.2, -0.15) is 0 Å². The van der Waals surface area contributed by atoms with E-state index < -0.39 is 0 Å². The number of ether oxygens (including phenoxy) is 2. The third-order valence-corrected chi connectivity index (χ3v) is 3.75. The van der Waals surface area contributed by atoms with Crippen LogP contribution >= 0.6 is 0 Å². The van der Waals surface area contributed by atoms with Crippen molar-refractivity contribution in [2.24, 2.45) is 0 Å². The Hall–Kier alpha value is -2.34. The van der Waals surface area contributed by atoms with Crippen LogP contribution in [0.25, 0.3) is 0 Å². The number of rotatable bonds is 3. The van der Waals surface area contributed by atoms with Crippen LogP contribution in [0.3, 0.4) is 0 Å². The molecule has 1 unspecified atom stereocenters. The summed E-state index contributed by atoms with van der Waals surface area (Å²) in [6, 6.07) is 7.75. The molecule has 1 aromatic carbocycles. The lowest BCUT2D eigenvalue weighted by atomic mass is 10.1. The highest BCUT2D eigenvalue weighted by Crippen LogP contribution is 2.25. The predicted molar refractivity (Wildman–Crippen MR) is 80.9 cm³/mol. The van der Waals surface area contributed by atoms with Gasteiger partial charge in [-0.1, -0.05) is 12.1 Å². The van der Waals surface area contributed by atoms with Gasteiger partial charge >= 0.3 is 0 Å². The Morgan fingerprint density at radius 1 is 1.50 bits per heavy atom. The number of carbonyl (C=O) groups excluding carboxylic acids is 1. The molecule has 1 fully saturated rings. The van der Waals surface area contributed by atoms with Crippen molar-refractivity contribution in [3.05, 3.63) is 47.5 Å². The van der Waals surface area contributed by atoms with Crippen molar-refractivity contribution < 1.29 is 14.3 Å². The summed E-state index contributed by atoms with van der Waals surface area (Å²) in [5.74, 6) is 1.48. The van der Waals surface area contributed by atoms with E-state index in [2.05, 4.69) is 9.97 Å². The number of H-pyrrole nitrogens is 1. The van der Waals surface area contributed by atoms with E-state index in [9.17, 15) is 4.79 Å². The number of morpholine rings is 1. The molecule has 0 radical (unpaired) electrons. The summed E-state index contributed by atoms with van der Waals surface area (Å²) in [5, 5.41) is 0. The first-order valence-corrected chi connectivity index (χ1v) is 7.24. The van der Waals surface area contributed by atoms with Crippen molar-refractivity contribution in [2.75, 3.05) is 26.8 Å². The van der Waals surface area contributed by atoms with Crippen LogP contribution in [0.1, 0.15) is 28.0 Å². The number of methoxy groups -OCH3 is 1. The molecule has 1 saturated heterocycles. The molecule has 116 valence electrons. The molecule has 3 rings (SSSR count). The number of amides is 1. The Morgan fingerprint density at radius 3 is 3.09 bits per heavy atom. The third-order valence-electron chi connectivity index (χ3n) is 3.75. The van der Waals surface area contributed by atoms with Crippen LogP contribution in [-0.2, 0) is 4.74 Å². The molecule has 1 aliphatic heterocycles. The van der Waals surface area contributed by atoms with E-state index in [1.807, 2.05) is 31.2 Å². The zero-order valence-corrected chi connectivity index (χ0v) is 12.7. The van der Waals surface area contributed by atoms with Crippen LogP contribution in [0.15, 0.2) is 30.5 Å². The molecule has 1 aliphatic rings. The average Bonchev–Trinajstić information content (AvgIpc) is 3.01. The van der Waals surface area contributed by atoms with E-state index in [-0.39, 0.29) is 12.0 Å². The second kappa shape index (κ2) is 6.19. The summed E-state index contributed by atoms with van der Waals surface area (Å²) < 4.78 is 11.1. The van der Waals surface area contributed by atoms with Crippen molar-refractivity contribution in [3.63, 3.8) is 0 Å². The average molecular weight is 301 g/mol. The van der Waals surface area contributed by atoms with Crippen LogP contribution in [0.2, 0.25) is 0 Å². The van der Waals surface area contributed by atoms with Crippen molar-refractivity contribution in [1.82, 2.24) is 14.9 Å². The minimum Gasteiger partial charge on any atom is -0.497 e. The number of nitrogens with zero attached hydrogens (tertiary/aromatic N) is 2. The number of aromatic amines is 1. The number of benzene rings is 1. The maximum atomic E-state index is 12.5. The highest BCUT2D eigenvalue weighted by Gasteiger charge is 2.27. The van der Waals surface area contributed by atoms with Gasteiger partial charge in [-0.15, -0.1) is 0 Å². The number of aryl methyl sites for hydroxylation is 1. The van der Waals surface area contributed by atoms with Crippen LogP contribution in [0, 0.1) is 6.92 Å². The molecular weight excluding hydrogens is 282 g/mol. The van der Waals surface area contributed by atoms with Crippen LogP contribution in [-0.4, -0.2) is 47.6 Å². The fraction of sp³-hybridized carbons (Fsp3) is 0.375. The molecule has 6 nitrogen and oxygen atoms in total. The monoisotopic (exact) mass is 301 g/mol. The summed E-state index contributed by atoms with van der Waals surface area (Å²) in [5.41, 5.74) is 1.53. The van der Waals surface area contributed by atoms with Crippen molar-refractivity contribution in [1.29, 1.82) is 0 Å². The third kappa shape index (κ3) is 2.96. The number of aromatic nitrogens is 2. The molecule has 2 aromatic rings. The first-order valence-electron chi connectivity index (χ1n) is 7.24. The van der Waals surface area contributed by atoms with E-state index in [0.29, 0.717) is 25.4 Å². The Morgan fingerprint density at radius 2 is 2.36 bits per heavy atom. The van der Waals surface area contributed by atoms with E-state index in [0.717, 1.165) is 17.1 Å². The first kappa shape index (κ1) is 14.6. The fourth-order valence-corrected chi connectivity index (χ4v) is 2.58. The molecule has 1 atom stereocenters. The molecule has 1 aromatic heterocycles. The molecule has 1 N–H and O–H groups in total. The number of hydrogen-bond acceptors (Lipinski definition) is 4. The van der Waals surface area contributed by atoms with Gasteiger partial charge < -0.3 is 19.4 Å². The van der Waals surface area contributed by atoms with E-state index >= 15 is 0 Å². The second-order valence-electron chi connectivity index (χ2n) is 5.27. The largest absolute Gasteiger partial charge is 0.497 e. The van der Waals surface area contributed by atoms with Crippen molar-refractivity contribution in [2.45, 2.75) is 13.0 Å². The zero-order valence-electron chi connectivity index (χ0n) is 12.7. The van der Waals surface area contributed by atoms with E-state index in [1.165, 1.54) is 0 Å². The smallest absolute Gasteiger partial charge is 0.272 e. The molecular formula is C16H19N3O3. The molecule has 1 amide bonds. The summed E-state index contributed by atoms with van der Waals surface area (Å²) in [6.45, 7) is 3.44. The Labute approximate surface area is 129 Å². The van der Waals surface area contributed by atoms with Crippen molar-refractivity contribution >= 4 is 5.91 Å². The summed E-state index contributed by atoms with van der Waals surface area (Å²) in [6.07, 6.45) is 1.44. The molecule has 2 heterocycles. The van der Waals surface area contributed by atoms with Gasteiger partial charge in [-0.3, -0.25) is 4.79 Å². The molecule has 0 bridgehead atoms. The van der Waals surface area contributed by atoms with Gasteiger partial charge in [0.05, 0.1) is 26.5 Å². The molecule has 6 heteroatoms. The second-order valence-corrected chi connectivity index (χ2v) is 5.27. The van der Waals surface area contributed by atoms with Gasteiger partial charge in [-0.25, -0.2) is 4.98 Å². The quantitative estimate of drug-likeness (QED) is 0.941. The summed E-state index contributed by atoms with van der Waals surface area (Å²) >= 11 is 0. The highest BCUT2D eigenvalue weighted by atomic mass is 16.5. The van der Waals surface area contributed by atoms with Gasteiger partial charge in [0, 0.05) is 6.54 Å². The highest BCUT2D eigenvalue weighted by molar-refractivity contribution is 5.92. The summed E-state index contributed by atoms with van der Waals surface area (Å²) in [7, 11) is 1.64. The minimum atomic E-state index is -0.142.